The normalized spacial score (nSPS) is 30.3. The first-order valence-corrected chi connectivity index (χ1v) is 5.13. The number of rotatable bonds is 2. The van der Waals surface area contributed by atoms with Crippen molar-refractivity contribution >= 4 is 11.8 Å². The van der Waals surface area contributed by atoms with Gasteiger partial charge in [-0.3, -0.25) is 0 Å². The Labute approximate surface area is 69.9 Å². The number of alkyl halides is 2. The minimum Gasteiger partial charge on any atom is -0.316 e. The number of hydrogen-bond acceptors (Lipinski definition) is 2. The maximum absolute atomic E-state index is 13.0. The molecule has 1 nitrogen and oxygen atoms in total. The summed E-state index contributed by atoms with van der Waals surface area (Å²) in [5.74, 6) is -2.35. The Bertz CT molecular complexity index is 128. The summed E-state index contributed by atoms with van der Waals surface area (Å²) in [7, 11) is 0. The molecule has 1 unspecified atom stereocenters. The van der Waals surface area contributed by atoms with Gasteiger partial charge in [0.15, 0.2) is 0 Å². The van der Waals surface area contributed by atoms with Crippen molar-refractivity contribution in [3.63, 3.8) is 0 Å². The van der Waals surface area contributed by atoms with Crippen LogP contribution >= 0.6 is 11.8 Å². The van der Waals surface area contributed by atoms with Gasteiger partial charge in [-0.05, 0) is 6.26 Å². The molecule has 4 heteroatoms. The monoisotopic (exact) mass is 181 g/mol. The van der Waals surface area contributed by atoms with E-state index in [4.69, 9.17) is 0 Å². The number of thioether (sulfide) groups is 1. The minimum atomic E-state index is -2.44. The van der Waals surface area contributed by atoms with E-state index in [2.05, 4.69) is 5.32 Å². The molecule has 0 aromatic heterocycles. The Morgan fingerprint density at radius 2 is 2.36 bits per heavy atom. The molecule has 0 aliphatic carbocycles. The van der Waals surface area contributed by atoms with Gasteiger partial charge >= 0.3 is 0 Å². The summed E-state index contributed by atoms with van der Waals surface area (Å²) in [6.07, 6.45) is 1.86. The lowest BCUT2D eigenvalue weighted by Crippen LogP contribution is -2.45. The summed E-state index contributed by atoms with van der Waals surface area (Å²) in [4.78, 5) is 0. The van der Waals surface area contributed by atoms with Gasteiger partial charge in [-0.1, -0.05) is 0 Å². The Balaban J connectivity index is 2.45. The van der Waals surface area contributed by atoms with Gasteiger partial charge in [0.2, 0.25) is 0 Å². The smallest absolute Gasteiger partial charge is 0.254 e. The van der Waals surface area contributed by atoms with Crippen LogP contribution in [0.25, 0.3) is 0 Å². The van der Waals surface area contributed by atoms with Gasteiger partial charge in [0.1, 0.15) is 0 Å². The Morgan fingerprint density at radius 1 is 1.64 bits per heavy atom. The van der Waals surface area contributed by atoms with Crippen LogP contribution in [-0.2, 0) is 0 Å². The fraction of sp³-hybridized carbons (Fsp3) is 1.00. The number of hydrogen-bond donors (Lipinski definition) is 1. The molecule has 1 aliphatic rings. The molecule has 1 fully saturated rings. The van der Waals surface area contributed by atoms with E-state index in [1.807, 2.05) is 6.26 Å². The van der Waals surface area contributed by atoms with E-state index < -0.39 is 11.8 Å². The molecule has 11 heavy (non-hydrogen) atoms. The molecule has 1 aliphatic heterocycles. The van der Waals surface area contributed by atoms with Crippen LogP contribution in [0.2, 0.25) is 0 Å². The summed E-state index contributed by atoms with van der Waals surface area (Å²) in [6.45, 7) is 0.922. The van der Waals surface area contributed by atoms with Crippen LogP contribution in [0.1, 0.15) is 6.42 Å². The van der Waals surface area contributed by atoms with Crippen molar-refractivity contribution in [1.82, 2.24) is 5.32 Å². The third kappa shape index (κ3) is 2.30. The van der Waals surface area contributed by atoms with Gasteiger partial charge in [-0.15, -0.1) is 0 Å². The van der Waals surface area contributed by atoms with Crippen LogP contribution in [0, 0.1) is 5.92 Å². The highest BCUT2D eigenvalue weighted by Crippen LogP contribution is 2.31. The number of nitrogens with one attached hydrogen (secondary N) is 1. The lowest BCUT2D eigenvalue weighted by molar-refractivity contribution is -0.0691. The van der Waals surface area contributed by atoms with Crippen molar-refractivity contribution in [2.75, 3.05) is 25.1 Å². The largest absolute Gasteiger partial charge is 0.316 e. The maximum atomic E-state index is 13.0. The molecule has 0 aromatic rings. The van der Waals surface area contributed by atoms with E-state index in [0.717, 1.165) is 0 Å². The topological polar surface area (TPSA) is 12.0 Å². The Hall–Kier alpha value is 0.170. The van der Waals surface area contributed by atoms with Gasteiger partial charge in [0.05, 0.1) is 0 Å². The summed E-state index contributed by atoms with van der Waals surface area (Å²) < 4.78 is 26.0. The molecule has 1 saturated heterocycles. The van der Waals surface area contributed by atoms with Crippen molar-refractivity contribution in [1.29, 1.82) is 0 Å². The zero-order valence-corrected chi connectivity index (χ0v) is 7.39. The summed E-state index contributed by atoms with van der Waals surface area (Å²) in [5.41, 5.74) is 0. The molecule has 0 aromatic carbocycles. The van der Waals surface area contributed by atoms with E-state index in [1.165, 1.54) is 11.8 Å². The fourth-order valence-electron chi connectivity index (χ4n) is 1.27. The van der Waals surface area contributed by atoms with Crippen LogP contribution < -0.4 is 5.32 Å². The molecule has 66 valence electrons. The van der Waals surface area contributed by atoms with Crippen LogP contribution in [0.15, 0.2) is 0 Å². The average molecular weight is 181 g/mol. The van der Waals surface area contributed by atoms with Crippen molar-refractivity contribution in [2.45, 2.75) is 12.3 Å². The van der Waals surface area contributed by atoms with Crippen LogP contribution in [0.5, 0.6) is 0 Å². The second kappa shape index (κ2) is 3.72. The molecule has 0 spiro atoms. The highest BCUT2D eigenvalue weighted by Gasteiger charge is 2.40. The summed E-state index contributed by atoms with van der Waals surface area (Å²) in [5, 5.41) is 2.98. The second-order valence-corrected chi connectivity index (χ2v) is 3.78. The SMILES string of the molecule is CSCC1CNCCC1(F)F. The van der Waals surface area contributed by atoms with Crippen molar-refractivity contribution in [3.8, 4) is 0 Å². The molecule has 1 rings (SSSR count). The molecule has 1 heterocycles. The van der Waals surface area contributed by atoms with E-state index in [-0.39, 0.29) is 6.42 Å². The van der Waals surface area contributed by atoms with Crippen molar-refractivity contribution < 1.29 is 8.78 Å². The summed E-state index contributed by atoms with van der Waals surface area (Å²) >= 11 is 1.49. The molecule has 1 atom stereocenters. The van der Waals surface area contributed by atoms with E-state index in [0.29, 0.717) is 18.8 Å². The first-order chi connectivity index (χ1) is 5.17. The van der Waals surface area contributed by atoms with E-state index in [1.54, 1.807) is 0 Å². The van der Waals surface area contributed by atoms with E-state index >= 15 is 0 Å². The average Bonchev–Trinajstić information content (AvgIpc) is 1.94. The zero-order valence-electron chi connectivity index (χ0n) is 6.57. The highest BCUT2D eigenvalue weighted by molar-refractivity contribution is 7.98. The van der Waals surface area contributed by atoms with Gasteiger partial charge in [0.25, 0.3) is 5.92 Å². The second-order valence-electron chi connectivity index (χ2n) is 2.87. The third-order valence-corrected chi connectivity index (χ3v) is 2.73. The Kier molecular flexibility index (Phi) is 3.13. The molecule has 1 N–H and O–H groups in total. The molecule has 0 radical (unpaired) electrons. The number of piperidine rings is 1. The van der Waals surface area contributed by atoms with Crippen LogP contribution in [-0.4, -0.2) is 31.0 Å². The lowest BCUT2D eigenvalue weighted by atomic mass is 9.97. The minimum absolute atomic E-state index is 0.00176. The fourth-order valence-corrected chi connectivity index (χ4v) is 2.03. The van der Waals surface area contributed by atoms with Crippen LogP contribution in [0.3, 0.4) is 0 Å². The predicted octanol–water partition coefficient (Wildman–Crippen LogP) is 1.59. The van der Waals surface area contributed by atoms with Gasteiger partial charge < -0.3 is 5.32 Å². The standard InChI is InChI=1S/C7H13F2NS/c1-11-5-6-4-10-3-2-7(6,8)9/h6,10H,2-5H2,1H3. The molecular weight excluding hydrogens is 168 g/mol. The molecule has 0 saturated carbocycles. The van der Waals surface area contributed by atoms with Crippen molar-refractivity contribution in [2.24, 2.45) is 5.92 Å². The zero-order chi connectivity index (χ0) is 8.32. The lowest BCUT2D eigenvalue weighted by Gasteiger charge is -2.31. The molecular formula is C7H13F2NS. The highest BCUT2D eigenvalue weighted by atomic mass is 32.2. The molecule has 0 bridgehead atoms. The van der Waals surface area contributed by atoms with Gasteiger partial charge in [0, 0.05) is 31.2 Å². The quantitative estimate of drug-likeness (QED) is 0.694. The predicted molar refractivity (Wildman–Crippen MR) is 44.3 cm³/mol. The maximum Gasteiger partial charge on any atom is 0.254 e. The Morgan fingerprint density at radius 3 is 2.91 bits per heavy atom. The van der Waals surface area contributed by atoms with Crippen molar-refractivity contribution in [3.05, 3.63) is 0 Å². The van der Waals surface area contributed by atoms with Gasteiger partial charge in [-0.2, -0.15) is 11.8 Å². The first-order valence-electron chi connectivity index (χ1n) is 3.74. The van der Waals surface area contributed by atoms with E-state index in [9.17, 15) is 8.78 Å². The number of halogens is 2. The van der Waals surface area contributed by atoms with Crippen LogP contribution in [0.4, 0.5) is 8.78 Å². The first kappa shape index (κ1) is 9.26. The van der Waals surface area contributed by atoms with Gasteiger partial charge in [-0.25, -0.2) is 8.78 Å². The molecule has 0 amide bonds. The summed E-state index contributed by atoms with van der Waals surface area (Å²) in [6, 6.07) is 0. The third-order valence-electron chi connectivity index (χ3n) is 1.99.